The summed E-state index contributed by atoms with van der Waals surface area (Å²) in [4.78, 5) is 14.3. The molecule has 1 saturated heterocycles. The van der Waals surface area contributed by atoms with E-state index in [1.165, 1.54) is 5.92 Å². The lowest BCUT2D eigenvalue weighted by Crippen LogP contribution is -2.35. The van der Waals surface area contributed by atoms with E-state index in [1.807, 2.05) is 17.1 Å². The van der Waals surface area contributed by atoms with Crippen molar-refractivity contribution >= 4 is 5.91 Å². The summed E-state index contributed by atoms with van der Waals surface area (Å²) in [5, 5.41) is 0. The van der Waals surface area contributed by atoms with Gasteiger partial charge in [-0.25, -0.2) is 0 Å². The Bertz CT molecular complexity index is 270. The molecule has 2 nitrogen and oxygen atoms in total. The van der Waals surface area contributed by atoms with Crippen LogP contribution in [0.2, 0.25) is 0 Å². The van der Waals surface area contributed by atoms with E-state index in [2.05, 4.69) is 27.0 Å². The minimum atomic E-state index is -0.251. The fraction of sp³-hybridized carbons (Fsp3) is 0.571. The summed E-state index contributed by atoms with van der Waals surface area (Å²) in [5.41, 5.74) is -0.251. The van der Waals surface area contributed by atoms with Gasteiger partial charge in [0.2, 0.25) is 5.91 Å². The highest BCUT2D eigenvalue weighted by Crippen LogP contribution is 2.39. The number of likely N-dealkylation sites (tertiary alicyclic amines) is 1. The van der Waals surface area contributed by atoms with Crippen molar-refractivity contribution in [2.45, 2.75) is 33.1 Å². The molecule has 0 N–H and O–H groups in total. The van der Waals surface area contributed by atoms with Gasteiger partial charge in [-0.2, -0.15) is 0 Å². The molecule has 1 aliphatic heterocycles. The van der Waals surface area contributed by atoms with Crippen LogP contribution in [0.15, 0.2) is 25.3 Å². The van der Waals surface area contributed by atoms with Gasteiger partial charge in [0.15, 0.2) is 0 Å². The number of carbonyl (C=O) groups is 1. The largest absolute Gasteiger partial charge is 0.342 e. The highest BCUT2D eigenvalue weighted by molar-refractivity contribution is 5.85. The Kier molecular flexibility index (Phi) is 4.34. The van der Waals surface area contributed by atoms with Crippen LogP contribution in [0.4, 0.5) is 0 Å². The SMILES string of the molecule is C=CCC1(CC=C)CCN(C[C](C)C)C1=O. The van der Waals surface area contributed by atoms with Crippen LogP contribution in [0.1, 0.15) is 33.1 Å². The van der Waals surface area contributed by atoms with Crippen molar-refractivity contribution in [2.75, 3.05) is 13.1 Å². The Morgan fingerprint density at radius 2 is 1.94 bits per heavy atom. The molecule has 0 aromatic carbocycles. The van der Waals surface area contributed by atoms with Crippen LogP contribution < -0.4 is 0 Å². The van der Waals surface area contributed by atoms with Gasteiger partial charge < -0.3 is 4.90 Å². The summed E-state index contributed by atoms with van der Waals surface area (Å²) in [7, 11) is 0. The zero-order valence-electron chi connectivity index (χ0n) is 10.5. The number of carbonyl (C=O) groups excluding carboxylic acids is 1. The van der Waals surface area contributed by atoms with E-state index in [0.717, 1.165) is 32.4 Å². The van der Waals surface area contributed by atoms with Crippen molar-refractivity contribution < 1.29 is 4.79 Å². The summed E-state index contributed by atoms with van der Waals surface area (Å²) < 4.78 is 0. The topological polar surface area (TPSA) is 20.3 Å². The molecule has 89 valence electrons. The molecule has 1 amide bonds. The number of amides is 1. The summed E-state index contributed by atoms with van der Waals surface area (Å²) in [6, 6.07) is 0. The Labute approximate surface area is 99.0 Å². The highest BCUT2D eigenvalue weighted by Gasteiger charge is 2.44. The predicted molar refractivity (Wildman–Crippen MR) is 67.8 cm³/mol. The molecular formula is C14H22NO. The Balaban J connectivity index is 2.78. The molecule has 16 heavy (non-hydrogen) atoms. The van der Waals surface area contributed by atoms with Crippen molar-refractivity contribution in [1.82, 2.24) is 4.90 Å². The van der Waals surface area contributed by atoms with Crippen molar-refractivity contribution in [1.29, 1.82) is 0 Å². The van der Waals surface area contributed by atoms with Gasteiger partial charge in [-0.15, -0.1) is 13.2 Å². The van der Waals surface area contributed by atoms with Gasteiger partial charge in [-0.3, -0.25) is 4.79 Å². The van der Waals surface area contributed by atoms with E-state index >= 15 is 0 Å². The first-order valence-corrected chi connectivity index (χ1v) is 5.86. The molecule has 1 fully saturated rings. The molecule has 1 aliphatic rings. The van der Waals surface area contributed by atoms with E-state index in [4.69, 9.17) is 0 Å². The quantitative estimate of drug-likeness (QED) is 0.630. The first-order chi connectivity index (χ1) is 7.55. The maximum Gasteiger partial charge on any atom is 0.229 e. The zero-order chi connectivity index (χ0) is 12.2. The lowest BCUT2D eigenvalue weighted by atomic mass is 9.79. The smallest absolute Gasteiger partial charge is 0.229 e. The number of rotatable bonds is 6. The molecule has 0 bridgehead atoms. The van der Waals surface area contributed by atoms with E-state index in [-0.39, 0.29) is 11.3 Å². The lowest BCUT2D eigenvalue weighted by Gasteiger charge is -2.26. The molecule has 0 atom stereocenters. The minimum Gasteiger partial charge on any atom is -0.342 e. The van der Waals surface area contributed by atoms with Gasteiger partial charge in [0.1, 0.15) is 0 Å². The van der Waals surface area contributed by atoms with Crippen LogP contribution in [0, 0.1) is 11.3 Å². The van der Waals surface area contributed by atoms with E-state index < -0.39 is 0 Å². The lowest BCUT2D eigenvalue weighted by molar-refractivity contribution is -0.135. The maximum absolute atomic E-state index is 12.4. The third kappa shape index (κ3) is 2.55. The third-order valence-electron chi connectivity index (χ3n) is 3.18. The average molecular weight is 220 g/mol. The number of allylic oxidation sites excluding steroid dienone is 2. The zero-order valence-corrected chi connectivity index (χ0v) is 10.5. The molecule has 0 aromatic heterocycles. The molecule has 0 saturated carbocycles. The molecule has 2 heteroatoms. The molecular weight excluding hydrogens is 198 g/mol. The van der Waals surface area contributed by atoms with Gasteiger partial charge >= 0.3 is 0 Å². The standard InChI is InChI=1S/C14H22NO/c1-5-7-14(8-6-2)9-10-15(13(14)16)11-12(3)4/h5-6H,1-2,7-11H2,3-4H3. The van der Waals surface area contributed by atoms with Crippen molar-refractivity contribution in [2.24, 2.45) is 5.41 Å². The maximum atomic E-state index is 12.4. The third-order valence-corrected chi connectivity index (χ3v) is 3.18. The second kappa shape index (κ2) is 5.33. The Morgan fingerprint density at radius 1 is 1.38 bits per heavy atom. The summed E-state index contributed by atoms with van der Waals surface area (Å²) in [6.07, 6.45) is 6.16. The molecule has 1 radical (unpaired) electrons. The van der Waals surface area contributed by atoms with E-state index in [9.17, 15) is 4.79 Å². The van der Waals surface area contributed by atoms with Gasteiger partial charge in [0.25, 0.3) is 0 Å². The second-order valence-electron chi connectivity index (χ2n) is 4.95. The summed E-state index contributed by atoms with van der Waals surface area (Å²) in [5.74, 6) is 1.55. The number of hydrogen-bond donors (Lipinski definition) is 0. The molecule has 0 aliphatic carbocycles. The van der Waals surface area contributed by atoms with Gasteiger partial charge in [0.05, 0.1) is 5.41 Å². The second-order valence-corrected chi connectivity index (χ2v) is 4.95. The highest BCUT2D eigenvalue weighted by atomic mass is 16.2. The fourth-order valence-corrected chi connectivity index (χ4v) is 2.44. The van der Waals surface area contributed by atoms with Crippen LogP contribution in [-0.4, -0.2) is 23.9 Å². The Morgan fingerprint density at radius 3 is 2.38 bits per heavy atom. The molecule has 0 spiro atoms. The van der Waals surface area contributed by atoms with E-state index in [1.54, 1.807) is 0 Å². The van der Waals surface area contributed by atoms with Crippen molar-refractivity contribution in [3.63, 3.8) is 0 Å². The van der Waals surface area contributed by atoms with Crippen LogP contribution in [0.25, 0.3) is 0 Å². The fourth-order valence-electron chi connectivity index (χ4n) is 2.44. The van der Waals surface area contributed by atoms with Gasteiger partial charge in [-0.1, -0.05) is 26.0 Å². The van der Waals surface area contributed by atoms with Gasteiger partial charge in [0, 0.05) is 13.1 Å². The van der Waals surface area contributed by atoms with Crippen LogP contribution in [0.3, 0.4) is 0 Å². The number of nitrogens with zero attached hydrogens (tertiary/aromatic N) is 1. The molecule has 0 unspecified atom stereocenters. The molecule has 1 rings (SSSR count). The molecule has 1 heterocycles. The first kappa shape index (κ1) is 13.0. The summed E-state index contributed by atoms with van der Waals surface area (Å²) in [6.45, 7) is 13.3. The first-order valence-electron chi connectivity index (χ1n) is 5.86. The van der Waals surface area contributed by atoms with E-state index in [0.29, 0.717) is 0 Å². The predicted octanol–water partition coefficient (Wildman–Crippen LogP) is 2.97. The molecule has 0 aromatic rings. The normalized spacial score (nSPS) is 19.2. The average Bonchev–Trinajstić information content (AvgIpc) is 2.48. The Hall–Kier alpha value is -1.05. The van der Waals surface area contributed by atoms with Crippen LogP contribution >= 0.6 is 0 Å². The summed E-state index contributed by atoms with van der Waals surface area (Å²) >= 11 is 0. The van der Waals surface area contributed by atoms with Crippen molar-refractivity contribution in [3.05, 3.63) is 31.2 Å². The van der Waals surface area contributed by atoms with Crippen LogP contribution in [-0.2, 0) is 4.79 Å². The van der Waals surface area contributed by atoms with Crippen LogP contribution in [0.5, 0.6) is 0 Å². The number of hydrogen-bond acceptors (Lipinski definition) is 1. The minimum absolute atomic E-state index is 0.251. The van der Waals surface area contributed by atoms with Crippen molar-refractivity contribution in [3.8, 4) is 0 Å². The van der Waals surface area contributed by atoms with Gasteiger partial charge in [-0.05, 0) is 25.2 Å². The monoisotopic (exact) mass is 220 g/mol.